The standard InChI is InChI=1S/C13H12Cl2OS/c1-8-3-6-12(17-8)13(2,16)9-4-5-10(14)11(15)7-9/h3-7,16H,1-2H3. The van der Waals surface area contributed by atoms with Gasteiger partial charge < -0.3 is 5.11 Å². The Morgan fingerprint density at radius 2 is 1.82 bits per heavy atom. The average molecular weight is 287 g/mol. The van der Waals surface area contributed by atoms with Gasteiger partial charge in [-0.2, -0.15) is 0 Å². The summed E-state index contributed by atoms with van der Waals surface area (Å²) in [6.45, 7) is 3.77. The molecule has 0 aliphatic heterocycles. The summed E-state index contributed by atoms with van der Waals surface area (Å²) < 4.78 is 0. The molecule has 1 unspecified atom stereocenters. The van der Waals surface area contributed by atoms with Gasteiger partial charge in [-0.1, -0.05) is 29.3 Å². The van der Waals surface area contributed by atoms with Crippen LogP contribution in [0.15, 0.2) is 30.3 Å². The first-order valence-corrected chi connectivity index (χ1v) is 6.73. The molecule has 90 valence electrons. The predicted octanol–water partition coefficient (Wildman–Crippen LogP) is 4.62. The summed E-state index contributed by atoms with van der Waals surface area (Å²) in [5.41, 5.74) is -0.290. The van der Waals surface area contributed by atoms with E-state index < -0.39 is 5.60 Å². The van der Waals surface area contributed by atoms with Crippen LogP contribution in [0, 0.1) is 6.92 Å². The summed E-state index contributed by atoms with van der Waals surface area (Å²) in [4.78, 5) is 2.06. The molecule has 0 aliphatic rings. The zero-order valence-corrected chi connectivity index (χ0v) is 11.8. The van der Waals surface area contributed by atoms with Crippen molar-refractivity contribution >= 4 is 34.5 Å². The highest BCUT2D eigenvalue weighted by atomic mass is 35.5. The van der Waals surface area contributed by atoms with Crippen LogP contribution in [-0.4, -0.2) is 5.11 Å². The van der Waals surface area contributed by atoms with E-state index >= 15 is 0 Å². The van der Waals surface area contributed by atoms with E-state index in [1.54, 1.807) is 36.5 Å². The number of aryl methyl sites for hydroxylation is 1. The Hall–Kier alpha value is -0.540. The van der Waals surface area contributed by atoms with Crippen molar-refractivity contribution in [1.82, 2.24) is 0 Å². The maximum absolute atomic E-state index is 10.6. The van der Waals surface area contributed by atoms with Crippen LogP contribution in [-0.2, 0) is 5.60 Å². The smallest absolute Gasteiger partial charge is 0.121 e. The minimum atomic E-state index is -1.03. The van der Waals surface area contributed by atoms with Crippen molar-refractivity contribution in [2.75, 3.05) is 0 Å². The van der Waals surface area contributed by atoms with Gasteiger partial charge in [-0.15, -0.1) is 11.3 Å². The molecule has 0 amide bonds. The second-order valence-corrected chi connectivity index (χ2v) is 6.21. The van der Waals surface area contributed by atoms with Crippen LogP contribution in [0.4, 0.5) is 0 Å². The maximum Gasteiger partial charge on any atom is 0.121 e. The van der Waals surface area contributed by atoms with E-state index in [1.807, 2.05) is 19.1 Å². The normalized spacial score (nSPS) is 14.6. The van der Waals surface area contributed by atoms with Crippen molar-refractivity contribution in [3.8, 4) is 0 Å². The molecule has 1 aromatic carbocycles. The predicted molar refractivity (Wildman–Crippen MR) is 74.2 cm³/mol. The number of benzene rings is 1. The van der Waals surface area contributed by atoms with E-state index in [0.717, 1.165) is 10.4 Å². The molecule has 0 aliphatic carbocycles. The maximum atomic E-state index is 10.6. The van der Waals surface area contributed by atoms with Gasteiger partial charge in [-0.3, -0.25) is 0 Å². The van der Waals surface area contributed by atoms with Gasteiger partial charge in [0.1, 0.15) is 5.60 Å². The summed E-state index contributed by atoms with van der Waals surface area (Å²) in [5, 5.41) is 11.5. The third-order valence-electron chi connectivity index (χ3n) is 2.70. The second-order valence-electron chi connectivity index (χ2n) is 4.11. The lowest BCUT2D eigenvalue weighted by Gasteiger charge is -2.23. The number of rotatable bonds is 2. The van der Waals surface area contributed by atoms with Crippen molar-refractivity contribution < 1.29 is 5.11 Å². The Labute approximate surface area is 115 Å². The van der Waals surface area contributed by atoms with Gasteiger partial charge in [0.05, 0.1) is 10.0 Å². The van der Waals surface area contributed by atoms with Gasteiger partial charge in [0.25, 0.3) is 0 Å². The molecule has 0 saturated carbocycles. The Kier molecular flexibility index (Phi) is 3.50. The molecule has 0 radical (unpaired) electrons. The van der Waals surface area contributed by atoms with Gasteiger partial charge in [0.15, 0.2) is 0 Å². The highest BCUT2D eigenvalue weighted by Crippen LogP contribution is 2.36. The van der Waals surface area contributed by atoms with Gasteiger partial charge in [0, 0.05) is 9.75 Å². The van der Waals surface area contributed by atoms with Crippen LogP contribution < -0.4 is 0 Å². The molecule has 1 nitrogen and oxygen atoms in total. The number of hydrogen-bond donors (Lipinski definition) is 1. The lowest BCUT2D eigenvalue weighted by atomic mass is 9.94. The van der Waals surface area contributed by atoms with E-state index in [9.17, 15) is 5.11 Å². The molecule has 1 N–H and O–H groups in total. The molecule has 17 heavy (non-hydrogen) atoms. The van der Waals surface area contributed by atoms with E-state index in [2.05, 4.69) is 0 Å². The highest BCUT2D eigenvalue weighted by Gasteiger charge is 2.27. The SMILES string of the molecule is Cc1ccc(C(C)(O)c2ccc(Cl)c(Cl)c2)s1. The Bertz CT molecular complexity index is 546. The minimum Gasteiger partial charge on any atom is -0.380 e. The van der Waals surface area contributed by atoms with Gasteiger partial charge in [0.2, 0.25) is 0 Å². The zero-order valence-electron chi connectivity index (χ0n) is 9.50. The zero-order chi connectivity index (χ0) is 12.6. The fourth-order valence-corrected chi connectivity index (χ4v) is 2.87. The Balaban J connectivity index is 2.47. The molecule has 2 rings (SSSR count). The largest absolute Gasteiger partial charge is 0.380 e. The molecule has 0 saturated heterocycles. The van der Waals surface area contributed by atoms with Crippen LogP contribution in [0.25, 0.3) is 0 Å². The second kappa shape index (κ2) is 4.62. The van der Waals surface area contributed by atoms with E-state index in [-0.39, 0.29) is 0 Å². The monoisotopic (exact) mass is 286 g/mol. The van der Waals surface area contributed by atoms with Crippen molar-refractivity contribution in [1.29, 1.82) is 0 Å². The first-order chi connectivity index (χ1) is 7.91. The molecule has 0 fully saturated rings. The minimum absolute atomic E-state index is 0.456. The topological polar surface area (TPSA) is 20.2 Å². The molecule has 1 heterocycles. The quantitative estimate of drug-likeness (QED) is 0.854. The van der Waals surface area contributed by atoms with Crippen LogP contribution in [0.5, 0.6) is 0 Å². The van der Waals surface area contributed by atoms with Crippen LogP contribution in [0.2, 0.25) is 10.0 Å². The summed E-state index contributed by atoms with van der Waals surface area (Å²) in [6.07, 6.45) is 0. The molecule has 1 atom stereocenters. The lowest BCUT2D eigenvalue weighted by molar-refractivity contribution is 0.106. The van der Waals surface area contributed by atoms with Crippen molar-refractivity contribution in [2.45, 2.75) is 19.4 Å². The van der Waals surface area contributed by atoms with Gasteiger partial charge in [-0.25, -0.2) is 0 Å². The first-order valence-electron chi connectivity index (χ1n) is 5.16. The lowest BCUT2D eigenvalue weighted by Crippen LogP contribution is -2.21. The van der Waals surface area contributed by atoms with E-state index in [0.29, 0.717) is 10.0 Å². The fraction of sp³-hybridized carbons (Fsp3) is 0.231. The van der Waals surface area contributed by atoms with Crippen molar-refractivity contribution in [3.05, 3.63) is 55.7 Å². The Morgan fingerprint density at radius 3 is 2.35 bits per heavy atom. The number of thiophene rings is 1. The molecule has 1 aromatic heterocycles. The van der Waals surface area contributed by atoms with Gasteiger partial charge >= 0.3 is 0 Å². The summed E-state index contributed by atoms with van der Waals surface area (Å²) in [7, 11) is 0. The van der Waals surface area contributed by atoms with Crippen LogP contribution in [0.1, 0.15) is 22.2 Å². The van der Waals surface area contributed by atoms with Crippen LogP contribution in [0.3, 0.4) is 0 Å². The summed E-state index contributed by atoms with van der Waals surface area (Å²) >= 11 is 13.4. The third-order valence-corrected chi connectivity index (χ3v) is 4.65. The highest BCUT2D eigenvalue weighted by molar-refractivity contribution is 7.12. The summed E-state index contributed by atoms with van der Waals surface area (Å²) in [5.74, 6) is 0. The average Bonchev–Trinajstić information content (AvgIpc) is 2.69. The van der Waals surface area contributed by atoms with Crippen molar-refractivity contribution in [3.63, 3.8) is 0 Å². The van der Waals surface area contributed by atoms with E-state index in [4.69, 9.17) is 23.2 Å². The van der Waals surface area contributed by atoms with Gasteiger partial charge in [-0.05, 0) is 43.7 Å². The molecule has 0 spiro atoms. The molecular weight excluding hydrogens is 275 g/mol. The summed E-state index contributed by atoms with van der Waals surface area (Å²) in [6, 6.07) is 9.13. The molecule has 0 bridgehead atoms. The van der Waals surface area contributed by atoms with E-state index in [1.165, 1.54) is 4.88 Å². The van der Waals surface area contributed by atoms with Crippen molar-refractivity contribution in [2.24, 2.45) is 0 Å². The molecule has 4 heteroatoms. The molecular formula is C13H12Cl2OS. The Morgan fingerprint density at radius 1 is 1.12 bits per heavy atom. The van der Waals surface area contributed by atoms with Crippen LogP contribution >= 0.6 is 34.5 Å². The number of aliphatic hydroxyl groups is 1. The third kappa shape index (κ3) is 2.50. The first kappa shape index (κ1) is 12.9. The molecule has 2 aromatic rings. The number of halogens is 2. The number of hydrogen-bond acceptors (Lipinski definition) is 2. The fourth-order valence-electron chi connectivity index (χ4n) is 1.64.